The first-order valence-corrected chi connectivity index (χ1v) is 5.52. The van der Waals surface area contributed by atoms with Crippen LogP contribution in [0.5, 0.6) is 0 Å². The van der Waals surface area contributed by atoms with E-state index in [-0.39, 0.29) is 11.1 Å². The molecular weight excluding hydrogens is 218 g/mol. The van der Waals surface area contributed by atoms with Crippen LogP contribution in [0.25, 0.3) is 11.3 Å². The molecule has 0 unspecified atom stereocenters. The van der Waals surface area contributed by atoms with Gasteiger partial charge >= 0.3 is 0 Å². The summed E-state index contributed by atoms with van der Waals surface area (Å²) < 4.78 is 3.51. The van der Waals surface area contributed by atoms with E-state index in [2.05, 4.69) is 4.98 Å². The number of carbonyl (C=O) groups is 1. The molecule has 2 aromatic heterocycles. The lowest BCUT2D eigenvalue weighted by molar-refractivity contribution is 0.112. The summed E-state index contributed by atoms with van der Waals surface area (Å²) >= 11 is 0. The van der Waals surface area contributed by atoms with Gasteiger partial charge in [0.2, 0.25) is 0 Å². The highest BCUT2D eigenvalue weighted by Crippen LogP contribution is 2.23. The lowest BCUT2D eigenvalue weighted by atomic mass is 10.1. The summed E-state index contributed by atoms with van der Waals surface area (Å²) in [7, 11) is 0. The Labute approximate surface area is 97.3 Å². The first-order chi connectivity index (χ1) is 8.33. The molecule has 3 rings (SSSR count). The zero-order valence-electron chi connectivity index (χ0n) is 9.17. The number of nitrogens with zero attached hydrogens (tertiary/aromatic N) is 3. The van der Waals surface area contributed by atoms with Crippen LogP contribution in [0.4, 0.5) is 0 Å². The Morgan fingerprint density at radius 2 is 2.12 bits per heavy atom. The highest BCUT2D eigenvalue weighted by Gasteiger charge is 2.23. The molecule has 2 aromatic rings. The summed E-state index contributed by atoms with van der Waals surface area (Å²) in [5.41, 5.74) is 1.54. The molecular formula is C12H11N3O2. The zero-order valence-corrected chi connectivity index (χ0v) is 9.17. The highest BCUT2D eigenvalue weighted by atomic mass is 16.1. The molecule has 1 aliphatic rings. The van der Waals surface area contributed by atoms with Crippen molar-refractivity contribution in [2.45, 2.75) is 19.5 Å². The summed E-state index contributed by atoms with van der Waals surface area (Å²) in [6.07, 6.45) is 4.92. The third-order valence-corrected chi connectivity index (χ3v) is 3.06. The maximum Gasteiger partial charge on any atom is 0.277 e. The van der Waals surface area contributed by atoms with E-state index in [1.165, 1.54) is 0 Å². The van der Waals surface area contributed by atoms with E-state index in [0.717, 1.165) is 18.5 Å². The molecule has 0 saturated heterocycles. The summed E-state index contributed by atoms with van der Waals surface area (Å²) in [6, 6.07) is 3.66. The molecule has 5 heteroatoms. The molecule has 0 spiro atoms. The Hall–Kier alpha value is -2.17. The lowest BCUT2D eigenvalue weighted by Gasteiger charge is -2.05. The van der Waals surface area contributed by atoms with Gasteiger partial charge in [0.25, 0.3) is 5.56 Å². The van der Waals surface area contributed by atoms with Crippen molar-refractivity contribution in [3.05, 3.63) is 40.4 Å². The van der Waals surface area contributed by atoms with Gasteiger partial charge < -0.3 is 0 Å². The Balaban J connectivity index is 2.33. The first-order valence-electron chi connectivity index (χ1n) is 5.52. The van der Waals surface area contributed by atoms with Crippen LogP contribution >= 0.6 is 0 Å². The number of rotatable bonds is 2. The predicted molar refractivity (Wildman–Crippen MR) is 61.9 cm³/mol. The molecule has 0 fully saturated rings. The van der Waals surface area contributed by atoms with E-state index in [4.69, 9.17) is 0 Å². The molecule has 0 atom stereocenters. The molecule has 0 N–H and O–H groups in total. The minimum Gasteiger partial charge on any atom is -0.298 e. The van der Waals surface area contributed by atoms with Gasteiger partial charge in [0.1, 0.15) is 5.56 Å². The molecule has 0 aromatic carbocycles. The molecule has 17 heavy (non-hydrogen) atoms. The van der Waals surface area contributed by atoms with E-state index in [1.807, 2.05) is 10.7 Å². The van der Waals surface area contributed by atoms with E-state index in [0.29, 0.717) is 18.5 Å². The monoisotopic (exact) mass is 229 g/mol. The maximum absolute atomic E-state index is 12.0. The number of hydrogen-bond donors (Lipinski definition) is 0. The Bertz CT molecular complexity index is 625. The second-order valence-electron chi connectivity index (χ2n) is 4.03. The van der Waals surface area contributed by atoms with Crippen LogP contribution in [0.15, 0.2) is 29.3 Å². The summed E-state index contributed by atoms with van der Waals surface area (Å²) in [5.74, 6) is 0. The topological polar surface area (TPSA) is 56.9 Å². The van der Waals surface area contributed by atoms with Crippen molar-refractivity contribution in [1.29, 1.82) is 0 Å². The molecule has 0 bridgehead atoms. The quantitative estimate of drug-likeness (QED) is 0.720. The molecule has 1 aliphatic heterocycles. The molecule has 5 nitrogen and oxygen atoms in total. The molecule has 3 heterocycles. The fourth-order valence-electron chi connectivity index (χ4n) is 2.35. The lowest BCUT2D eigenvalue weighted by Crippen LogP contribution is -2.18. The van der Waals surface area contributed by atoms with Crippen LogP contribution in [0.1, 0.15) is 16.8 Å². The van der Waals surface area contributed by atoms with E-state index >= 15 is 0 Å². The zero-order chi connectivity index (χ0) is 11.8. The van der Waals surface area contributed by atoms with Crippen LogP contribution in [-0.4, -0.2) is 20.6 Å². The van der Waals surface area contributed by atoms with E-state index < -0.39 is 0 Å². The first kappa shape index (κ1) is 10.0. The van der Waals surface area contributed by atoms with Crippen molar-refractivity contribution in [2.24, 2.45) is 0 Å². The number of pyridine rings is 1. The number of aldehydes is 1. The Morgan fingerprint density at radius 1 is 1.29 bits per heavy atom. The van der Waals surface area contributed by atoms with Gasteiger partial charge in [-0.1, -0.05) is 0 Å². The fourth-order valence-corrected chi connectivity index (χ4v) is 2.35. The number of carbonyl (C=O) groups excluding carboxylic acids is 1. The van der Waals surface area contributed by atoms with Crippen molar-refractivity contribution < 1.29 is 4.79 Å². The minimum absolute atomic E-state index is 0.198. The standard InChI is InChI=1S/C12H11N3O2/c16-8-10-11(9-3-1-4-13-7-9)14-5-2-6-15(14)12(10)17/h1,3-4,7-8H,2,5-6H2. The van der Waals surface area contributed by atoms with Crippen molar-refractivity contribution in [3.63, 3.8) is 0 Å². The third-order valence-electron chi connectivity index (χ3n) is 3.06. The van der Waals surface area contributed by atoms with Gasteiger partial charge in [0.15, 0.2) is 6.29 Å². The van der Waals surface area contributed by atoms with Gasteiger partial charge in [0.05, 0.1) is 5.69 Å². The molecule has 86 valence electrons. The van der Waals surface area contributed by atoms with Crippen LogP contribution in [0.3, 0.4) is 0 Å². The van der Waals surface area contributed by atoms with Crippen molar-refractivity contribution in [3.8, 4) is 11.3 Å². The number of hydrogen-bond acceptors (Lipinski definition) is 3. The van der Waals surface area contributed by atoms with E-state index in [9.17, 15) is 9.59 Å². The number of aromatic nitrogens is 3. The molecule has 0 saturated carbocycles. The van der Waals surface area contributed by atoms with Gasteiger partial charge in [-0.05, 0) is 18.6 Å². The Morgan fingerprint density at radius 3 is 2.82 bits per heavy atom. The van der Waals surface area contributed by atoms with Gasteiger partial charge in [-0.15, -0.1) is 0 Å². The third kappa shape index (κ3) is 1.35. The number of fused-ring (bicyclic) bond motifs is 1. The smallest absolute Gasteiger partial charge is 0.277 e. The van der Waals surface area contributed by atoms with Gasteiger partial charge in [0, 0.05) is 31.0 Å². The summed E-state index contributed by atoms with van der Waals surface area (Å²) in [5, 5.41) is 0. The minimum atomic E-state index is -0.198. The maximum atomic E-state index is 12.0. The molecule has 0 aliphatic carbocycles. The van der Waals surface area contributed by atoms with Crippen molar-refractivity contribution in [2.75, 3.05) is 0 Å². The predicted octanol–water partition coefficient (Wildman–Crippen LogP) is 0.928. The van der Waals surface area contributed by atoms with Crippen molar-refractivity contribution in [1.82, 2.24) is 14.3 Å². The second-order valence-corrected chi connectivity index (χ2v) is 4.03. The molecule has 0 amide bonds. The highest BCUT2D eigenvalue weighted by molar-refractivity contribution is 5.85. The van der Waals surface area contributed by atoms with Gasteiger partial charge in [-0.2, -0.15) is 0 Å². The normalized spacial score (nSPS) is 13.6. The van der Waals surface area contributed by atoms with Crippen LogP contribution < -0.4 is 5.56 Å². The SMILES string of the molecule is O=Cc1c(-c2cccnc2)n2n(c1=O)CCC2. The molecule has 0 radical (unpaired) electrons. The van der Waals surface area contributed by atoms with Gasteiger partial charge in [-0.25, -0.2) is 4.68 Å². The average Bonchev–Trinajstić information content (AvgIpc) is 2.92. The van der Waals surface area contributed by atoms with Crippen LogP contribution in [0.2, 0.25) is 0 Å². The Kier molecular flexibility index (Phi) is 2.18. The second kappa shape index (κ2) is 3.69. The largest absolute Gasteiger partial charge is 0.298 e. The fraction of sp³-hybridized carbons (Fsp3) is 0.250. The van der Waals surface area contributed by atoms with Crippen LogP contribution in [-0.2, 0) is 13.1 Å². The van der Waals surface area contributed by atoms with Crippen LogP contribution in [0, 0.1) is 0 Å². The van der Waals surface area contributed by atoms with E-state index in [1.54, 1.807) is 23.1 Å². The summed E-state index contributed by atoms with van der Waals surface area (Å²) in [4.78, 5) is 27.1. The van der Waals surface area contributed by atoms with Crippen molar-refractivity contribution >= 4 is 6.29 Å². The summed E-state index contributed by atoms with van der Waals surface area (Å²) in [6.45, 7) is 1.45. The van der Waals surface area contributed by atoms with Gasteiger partial charge in [-0.3, -0.25) is 19.3 Å². The average molecular weight is 229 g/mol.